The molecule has 0 saturated carbocycles. The molecule has 1 aromatic carbocycles. The number of ether oxygens (including phenoxy) is 1. The van der Waals surface area contributed by atoms with Crippen LogP contribution in [-0.2, 0) is 6.61 Å². The highest BCUT2D eigenvalue weighted by Crippen LogP contribution is 2.09. The van der Waals surface area contributed by atoms with Crippen LogP contribution in [0.25, 0.3) is 0 Å². The van der Waals surface area contributed by atoms with E-state index < -0.39 is 5.82 Å². The van der Waals surface area contributed by atoms with Crippen molar-refractivity contribution >= 4 is 0 Å². The molecule has 0 unspecified atom stereocenters. The normalized spacial score (nSPS) is 10.0. The van der Waals surface area contributed by atoms with E-state index >= 15 is 0 Å². The van der Waals surface area contributed by atoms with Gasteiger partial charge in [0.05, 0.1) is 0 Å². The lowest BCUT2D eigenvalue weighted by atomic mass is 10.2. The second-order valence-corrected chi connectivity index (χ2v) is 2.68. The van der Waals surface area contributed by atoms with E-state index in [4.69, 9.17) is 4.74 Å². The molecule has 0 saturated heterocycles. The lowest BCUT2D eigenvalue weighted by Crippen LogP contribution is -1.94. The molecule has 0 aliphatic heterocycles. The minimum Gasteiger partial charge on any atom is -0.458 e. The lowest BCUT2D eigenvalue weighted by molar-refractivity contribution is 0.223. The minimum atomic E-state index is -0.756. The molecule has 14 heavy (non-hydrogen) atoms. The molecule has 0 bridgehead atoms. The van der Waals surface area contributed by atoms with Crippen LogP contribution in [0.1, 0.15) is 5.56 Å². The summed E-state index contributed by atoms with van der Waals surface area (Å²) in [4.78, 5) is 10.5. The molecular formula is C10H8O4. The Bertz CT molecular complexity index is 440. The van der Waals surface area contributed by atoms with E-state index in [9.17, 15) is 4.79 Å². The van der Waals surface area contributed by atoms with E-state index in [2.05, 4.69) is 8.83 Å². The van der Waals surface area contributed by atoms with Crippen LogP contribution in [0.5, 0.6) is 5.95 Å². The van der Waals surface area contributed by atoms with Crippen molar-refractivity contribution in [3.8, 4) is 5.95 Å². The quantitative estimate of drug-likeness (QED) is 0.744. The Morgan fingerprint density at radius 2 is 2.00 bits per heavy atom. The van der Waals surface area contributed by atoms with Crippen LogP contribution in [0.2, 0.25) is 0 Å². The summed E-state index contributed by atoms with van der Waals surface area (Å²) in [5.74, 6) is -0.660. The van der Waals surface area contributed by atoms with Crippen molar-refractivity contribution in [1.82, 2.24) is 0 Å². The SMILES string of the molecule is O=c1occ(OCc2ccccc2)o1. The molecule has 0 radical (unpaired) electrons. The summed E-state index contributed by atoms with van der Waals surface area (Å²) >= 11 is 0. The van der Waals surface area contributed by atoms with Crippen molar-refractivity contribution in [1.29, 1.82) is 0 Å². The third kappa shape index (κ3) is 2.04. The van der Waals surface area contributed by atoms with E-state index in [1.165, 1.54) is 0 Å². The molecule has 0 spiro atoms. The van der Waals surface area contributed by atoms with Gasteiger partial charge in [-0.2, -0.15) is 0 Å². The molecule has 0 fully saturated rings. The first-order valence-electron chi connectivity index (χ1n) is 4.10. The predicted octanol–water partition coefficient (Wildman–Crippen LogP) is 1.81. The van der Waals surface area contributed by atoms with Crippen LogP contribution in [0.3, 0.4) is 0 Å². The monoisotopic (exact) mass is 192 g/mol. The number of hydrogen-bond acceptors (Lipinski definition) is 4. The molecule has 0 aliphatic rings. The van der Waals surface area contributed by atoms with Crippen molar-refractivity contribution in [3.63, 3.8) is 0 Å². The first kappa shape index (κ1) is 8.62. The van der Waals surface area contributed by atoms with Gasteiger partial charge in [-0.05, 0) is 5.56 Å². The van der Waals surface area contributed by atoms with Gasteiger partial charge in [-0.25, -0.2) is 4.79 Å². The first-order chi connectivity index (χ1) is 6.84. The Morgan fingerprint density at radius 3 is 2.64 bits per heavy atom. The van der Waals surface area contributed by atoms with Crippen molar-refractivity contribution in [2.45, 2.75) is 6.61 Å². The molecule has 2 rings (SSSR count). The Kier molecular flexibility index (Phi) is 2.36. The van der Waals surface area contributed by atoms with Gasteiger partial charge in [0.2, 0.25) is 0 Å². The standard InChI is InChI=1S/C10H8O4/c11-10-13-7-9(14-10)12-6-8-4-2-1-3-5-8/h1-5,7H,6H2. The van der Waals surface area contributed by atoms with Crippen LogP contribution in [0.15, 0.2) is 50.2 Å². The molecular weight excluding hydrogens is 184 g/mol. The van der Waals surface area contributed by atoms with Gasteiger partial charge in [0.15, 0.2) is 6.26 Å². The molecule has 72 valence electrons. The highest BCUT2D eigenvalue weighted by Gasteiger charge is 2.01. The molecule has 0 amide bonds. The maximum Gasteiger partial charge on any atom is 0.521 e. The fourth-order valence-electron chi connectivity index (χ4n) is 1.02. The van der Waals surface area contributed by atoms with Gasteiger partial charge in [-0.3, -0.25) is 0 Å². The van der Waals surface area contributed by atoms with E-state index in [0.717, 1.165) is 11.8 Å². The maximum absolute atomic E-state index is 10.5. The fourth-order valence-corrected chi connectivity index (χ4v) is 1.02. The average Bonchev–Trinajstić information content (AvgIpc) is 2.63. The predicted molar refractivity (Wildman–Crippen MR) is 48.0 cm³/mol. The summed E-state index contributed by atoms with van der Waals surface area (Å²) in [7, 11) is 0. The summed E-state index contributed by atoms with van der Waals surface area (Å²) < 4.78 is 14.1. The average molecular weight is 192 g/mol. The van der Waals surface area contributed by atoms with Crippen molar-refractivity contribution in [2.24, 2.45) is 0 Å². The van der Waals surface area contributed by atoms with Gasteiger partial charge in [-0.1, -0.05) is 30.3 Å². The van der Waals surface area contributed by atoms with Crippen molar-refractivity contribution < 1.29 is 13.6 Å². The Hall–Kier alpha value is -1.97. The van der Waals surface area contributed by atoms with Gasteiger partial charge in [-0.15, -0.1) is 0 Å². The van der Waals surface area contributed by atoms with Crippen LogP contribution < -0.4 is 10.6 Å². The summed E-state index contributed by atoms with van der Waals surface area (Å²) in [6.45, 7) is 0.351. The Morgan fingerprint density at radius 1 is 1.21 bits per heavy atom. The number of hydrogen-bond donors (Lipinski definition) is 0. The topological polar surface area (TPSA) is 52.6 Å². The van der Waals surface area contributed by atoms with E-state index in [1.807, 2.05) is 30.3 Å². The summed E-state index contributed by atoms with van der Waals surface area (Å²) in [5, 5.41) is 0. The Labute approximate surface area is 79.7 Å². The lowest BCUT2D eigenvalue weighted by Gasteiger charge is -1.99. The van der Waals surface area contributed by atoms with Gasteiger partial charge in [0.25, 0.3) is 0 Å². The van der Waals surface area contributed by atoms with Gasteiger partial charge in [0.1, 0.15) is 6.61 Å². The molecule has 4 nitrogen and oxygen atoms in total. The Balaban J connectivity index is 1.98. The fraction of sp³-hybridized carbons (Fsp3) is 0.100. The van der Waals surface area contributed by atoms with E-state index in [1.54, 1.807) is 0 Å². The number of benzene rings is 1. The molecule has 0 aliphatic carbocycles. The largest absolute Gasteiger partial charge is 0.521 e. The maximum atomic E-state index is 10.5. The zero-order valence-corrected chi connectivity index (χ0v) is 7.30. The van der Waals surface area contributed by atoms with Crippen molar-refractivity contribution in [2.75, 3.05) is 0 Å². The molecule has 1 heterocycles. The molecule has 2 aromatic rings. The highest BCUT2D eigenvalue weighted by molar-refractivity contribution is 5.14. The highest BCUT2D eigenvalue weighted by atomic mass is 16.7. The van der Waals surface area contributed by atoms with Crippen LogP contribution >= 0.6 is 0 Å². The van der Waals surface area contributed by atoms with Crippen LogP contribution in [-0.4, -0.2) is 0 Å². The van der Waals surface area contributed by atoms with Gasteiger partial charge < -0.3 is 13.6 Å². The second kappa shape index (κ2) is 3.83. The minimum absolute atomic E-state index is 0.0962. The van der Waals surface area contributed by atoms with Gasteiger partial charge >= 0.3 is 11.8 Å². The van der Waals surface area contributed by atoms with E-state index in [-0.39, 0.29) is 5.95 Å². The second-order valence-electron chi connectivity index (χ2n) is 2.68. The van der Waals surface area contributed by atoms with E-state index in [0.29, 0.717) is 6.61 Å². The first-order valence-corrected chi connectivity index (χ1v) is 4.10. The third-order valence-electron chi connectivity index (χ3n) is 1.66. The molecule has 1 aromatic heterocycles. The summed E-state index contributed by atoms with van der Waals surface area (Å²) in [5.41, 5.74) is 0.997. The van der Waals surface area contributed by atoms with Gasteiger partial charge in [0, 0.05) is 0 Å². The summed E-state index contributed by atoms with van der Waals surface area (Å²) in [6, 6.07) is 9.56. The molecule has 4 heteroatoms. The van der Waals surface area contributed by atoms with Crippen LogP contribution in [0.4, 0.5) is 0 Å². The van der Waals surface area contributed by atoms with Crippen molar-refractivity contribution in [3.05, 3.63) is 52.8 Å². The smallest absolute Gasteiger partial charge is 0.458 e. The molecule has 0 atom stereocenters. The molecule has 0 N–H and O–H groups in total. The number of rotatable bonds is 3. The summed E-state index contributed by atoms with van der Waals surface area (Å²) in [6.07, 6.45) is 1.14. The zero-order chi connectivity index (χ0) is 9.80. The van der Waals surface area contributed by atoms with Crippen LogP contribution in [0, 0.1) is 0 Å². The zero-order valence-electron chi connectivity index (χ0n) is 7.30. The third-order valence-corrected chi connectivity index (χ3v) is 1.66.